The second-order valence-electron chi connectivity index (χ2n) is 5.16. The SMILES string of the molecule is NC(Cc1ccoc1)C1CN2CCCC2CO1. The van der Waals surface area contributed by atoms with Gasteiger partial charge in [0.1, 0.15) is 0 Å². The number of ether oxygens (including phenoxy) is 1. The van der Waals surface area contributed by atoms with Crippen molar-refractivity contribution in [1.29, 1.82) is 0 Å². The first-order chi connectivity index (χ1) is 8.33. The third kappa shape index (κ3) is 2.39. The molecule has 2 fully saturated rings. The van der Waals surface area contributed by atoms with Gasteiger partial charge in [-0.2, -0.15) is 0 Å². The fraction of sp³-hybridized carbons (Fsp3) is 0.692. The van der Waals surface area contributed by atoms with E-state index in [1.54, 1.807) is 12.5 Å². The molecule has 17 heavy (non-hydrogen) atoms. The average Bonchev–Trinajstić information content (AvgIpc) is 2.97. The highest BCUT2D eigenvalue weighted by Gasteiger charge is 2.34. The minimum absolute atomic E-state index is 0.0640. The van der Waals surface area contributed by atoms with Crippen LogP contribution in [0.1, 0.15) is 18.4 Å². The largest absolute Gasteiger partial charge is 0.472 e. The van der Waals surface area contributed by atoms with Crippen LogP contribution in [0.2, 0.25) is 0 Å². The predicted octanol–water partition coefficient (Wildman–Crippen LogP) is 1.01. The summed E-state index contributed by atoms with van der Waals surface area (Å²) >= 11 is 0. The van der Waals surface area contributed by atoms with Crippen molar-refractivity contribution in [2.75, 3.05) is 19.7 Å². The zero-order valence-corrected chi connectivity index (χ0v) is 10.0. The molecule has 3 heterocycles. The van der Waals surface area contributed by atoms with Gasteiger partial charge in [0.15, 0.2) is 0 Å². The van der Waals surface area contributed by atoms with Crippen molar-refractivity contribution in [2.45, 2.75) is 37.5 Å². The van der Waals surface area contributed by atoms with E-state index in [-0.39, 0.29) is 12.1 Å². The molecule has 1 aromatic rings. The van der Waals surface area contributed by atoms with Gasteiger partial charge in [-0.3, -0.25) is 4.90 Å². The fourth-order valence-electron chi connectivity index (χ4n) is 2.91. The molecule has 3 unspecified atom stereocenters. The molecule has 3 atom stereocenters. The van der Waals surface area contributed by atoms with Gasteiger partial charge >= 0.3 is 0 Å². The number of nitrogens with two attached hydrogens (primary N) is 1. The molecule has 0 spiro atoms. The number of morpholine rings is 1. The summed E-state index contributed by atoms with van der Waals surface area (Å²) in [7, 11) is 0. The number of furan rings is 1. The third-order valence-corrected chi connectivity index (χ3v) is 3.95. The Hall–Kier alpha value is -0.840. The van der Waals surface area contributed by atoms with Gasteiger partial charge in [-0.1, -0.05) is 0 Å². The van der Waals surface area contributed by atoms with Crippen LogP contribution < -0.4 is 5.73 Å². The van der Waals surface area contributed by atoms with Crippen LogP contribution in [0, 0.1) is 0 Å². The van der Waals surface area contributed by atoms with Crippen LogP contribution >= 0.6 is 0 Å². The normalized spacial score (nSPS) is 31.4. The Bertz CT molecular complexity index is 352. The summed E-state index contributed by atoms with van der Waals surface area (Å²) in [4.78, 5) is 2.53. The number of fused-ring (bicyclic) bond motifs is 1. The zero-order valence-electron chi connectivity index (χ0n) is 10.0. The predicted molar refractivity (Wildman–Crippen MR) is 64.7 cm³/mol. The molecule has 0 radical (unpaired) electrons. The molecule has 0 bridgehead atoms. The van der Waals surface area contributed by atoms with Gasteiger partial charge in [-0.15, -0.1) is 0 Å². The highest BCUT2D eigenvalue weighted by Crippen LogP contribution is 2.24. The van der Waals surface area contributed by atoms with Crippen LogP contribution in [-0.2, 0) is 11.2 Å². The Balaban J connectivity index is 1.57. The highest BCUT2D eigenvalue weighted by atomic mass is 16.5. The lowest BCUT2D eigenvalue weighted by atomic mass is 10.0. The zero-order chi connectivity index (χ0) is 11.7. The molecule has 2 aliphatic rings. The van der Waals surface area contributed by atoms with Crippen molar-refractivity contribution >= 4 is 0 Å². The monoisotopic (exact) mass is 236 g/mol. The topological polar surface area (TPSA) is 51.6 Å². The molecule has 2 saturated heterocycles. The van der Waals surface area contributed by atoms with Gasteiger partial charge in [0.2, 0.25) is 0 Å². The first-order valence-corrected chi connectivity index (χ1v) is 6.45. The second-order valence-corrected chi connectivity index (χ2v) is 5.16. The van der Waals surface area contributed by atoms with E-state index in [9.17, 15) is 0 Å². The molecule has 2 aliphatic heterocycles. The summed E-state index contributed by atoms with van der Waals surface area (Å²) in [6, 6.07) is 2.68. The first kappa shape index (κ1) is 11.3. The van der Waals surface area contributed by atoms with E-state index < -0.39 is 0 Å². The molecule has 0 aliphatic carbocycles. The Morgan fingerprint density at radius 2 is 2.47 bits per heavy atom. The molecule has 4 heteroatoms. The molecule has 0 saturated carbocycles. The minimum Gasteiger partial charge on any atom is -0.472 e. The maximum Gasteiger partial charge on any atom is 0.0935 e. The van der Waals surface area contributed by atoms with Crippen LogP contribution in [0.25, 0.3) is 0 Å². The van der Waals surface area contributed by atoms with E-state index in [0.29, 0.717) is 6.04 Å². The van der Waals surface area contributed by atoms with Gasteiger partial charge in [-0.25, -0.2) is 0 Å². The number of hydrogen-bond acceptors (Lipinski definition) is 4. The summed E-state index contributed by atoms with van der Waals surface area (Å²) < 4.78 is 11.0. The van der Waals surface area contributed by atoms with Crippen LogP contribution in [0.15, 0.2) is 23.0 Å². The average molecular weight is 236 g/mol. The summed E-state index contributed by atoms with van der Waals surface area (Å²) in [5, 5.41) is 0. The molecular weight excluding hydrogens is 216 g/mol. The van der Waals surface area contributed by atoms with Gasteiger partial charge in [0.05, 0.1) is 25.2 Å². The summed E-state index contributed by atoms with van der Waals surface area (Å²) in [6.45, 7) is 3.05. The van der Waals surface area contributed by atoms with Gasteiger partial charge < -0.3 is 14.9 Å². The molecule has 94 valence electrons. The van der Waals surface area contributed by atoms with E-state index in [2.05, 4.69) is 4.90 Å². The van der Waals surface area contributed by atoms with E-state index in [4.69, 9.17) is 14.9 Å². The lowest BCUT2D eigenvalue weighted by molar-refractivity contribution is -0.0589. The minimum atomic E-state index is 0.0640. The fourth-order valence-corrected chi connectivity index (χ4v) is 2.91. The van der Waals surface area contributed by atoms with Gasteiger partial charge in [0, 0.05) is 18.6 Å². The van der Waals surface area contributed by atoms with Crippen molar-refractivity contribution < 1.29 is 9.15 Å². The molecule has 0 aromatic carbocycles. The van der Waals surface area contributed by atoms with E-state index in [1.807, 2.05) is 6.07 Å². The lowest BCUT2D eigenvalue weighted by Gasteiger charge is -2.37. The highest BCUT2D eigenvalue weighted by molar-refractivity contribution is 5.08. The molecule has 3 rings (SSSR count). The van der Waals surface area contributed by atoms with Crippen LogP contribution in [0.4, 0.5) is 0 Å². The maximum atomic E-state index is 6.23. The quantitative estimate of drug-likeness (QED) is 0.851. The molecular formula is C13H20N2O2. The van der Waals surface area contributed by atoms with Crippen molar-refractivity contribution in [3.05, 3.63) is 24.2 Å². The standard InChI is InChI=1S/C13H20N2O2/c14-12(6-10-3-5-16-8-10)13-7-15-4-1-2-11(15)9-17-13/h3,5,8,11-13H,1-2,4,6-7,9,14H2. The van der Waals surface area contributed by atoms with Crippen molar-refractivity contribution in [3.8, 4) is 0 Å². The van der Waals surface area contributed by atoms with Crippen LogP contribution in [-0.4, -0.2) is 42.8 Å². The third-order valence-electron chi connectivity index (χ3n) is 3.95. The van der Waals surface area contributed by atoms with E-state index in [1.165, 1.54) is 19.4 Å². The second kappa shape index (κ2) is 4.80. The lowest BCUT2D eigenvalue weighted by Crippen LogP contribution is -2.53. The summed E-state index contributed by atoms with van der Waals surface area (Å²) in [6.07, 6.45) is 7.04. The van der Waals surface area contributed by atoms with Crippen molar-refractivity contribution in [3.63, 3.8) is 0 Å². The van der Waals surface area contributed by atoms with E-state index >= 15 is 0 Å². The number of nitrogens with zero attached hydrogens (tertiary/aromatic N) is 1. The number of rotatable bonds is 3. The number of hydrogen-bond donors (Lipinski definition) is 1. The van der Waals surface area contributed by atoms with Crippen LogP contribution in [0.5, 0.6) is 0 Å². The Morgan fingerprint density at radius 1 is 1.53 bits per heavy atom. The molecule has 2 N–H and O–H groups in total. The summed E-state index contributed by atoms with van der Waals surface area (Å²) in [5.74, 6) is 0. The van der Waals surface area contributed by atoms with Gasteiger partial charge in [-0.05, 0) is 37.4 Å². The van der Waals surface area contributed by atoms with Gasteiger partial charge in [0.25, 0.3) is 0 Å². The Kier molecular flexibility index (Phi) is 3.18. The smallest absolute Gasteiger partial charge is 0.0935 e. The Labute approximate surface area is 102 Å². The van der Waals surface area contributed by atoms with E-state index in [0.717, 1.165) is 25.1 Å². The summed E-state index contributed by atoms with van der Waals surface area (Å²) in [5.41, 5.74) is 7.39. The molecule has 1 aromatic heterocycles. The maximum absolute atomic E-state index is 6.23. The van der Waals surface area contributed by atoms with Crippen LogP contribution in [0.3, 0.4) is 0 Å². The molecule has 4 nitrogen and oxygen atoms in total. The molecule has 0 amide bonds. The van der Waals surface area contributed by atoms with Crippen molar-refractivity contribution in [2.24, 2.45) is 5.73 Å². The van der Waals surface area contributed by atoms with Crippen molar-refractivity contribution in [1.82, 2.24) is 4.90 Å². The Morgan fingerprint density at radius 3 is 3.29 bits per heavy atom. The first-order valence-electron chi connectivity index (χ1n) is 6.45.